The summed E-state index contributed by atoms with van der Waals surface area (Å²) in [6.45, 7) is 1.49. The highest BCUT2D eigenvalue weighted by molar-refractivity contribution is 5.79. The molecule has 4 heteroatoms. The number of benzene rings is 1. The second-order valence-corrected chi connectivity index (χ2v) is 4.73. The Balaban J connectivity index is 1.57. The lowest BCUT2D eigenvalue weighted by Crippen LogP contribution is -2.16. The molecule has 102 valence electrons. The summed E-state index contributed by atoms with van der Waals surface area (Å²) in [7, 11) is 0. The molecule has 0 atom stereocenters. The Hall–Kier alpha value is -2.20. The van der Waals surface area contributed by atoms with Gasteiger partial charge < -0.3 is 10.3 Å². The Kier molecular flexibility index (Phi) is 3.74. The third-order valence-electron chi connectivity index (χ3n) is 3.38. The van der Waals surface area contributed by atoms with Crippen LogP contribution in [0.25, 0.3) is 11.0 Å². The fourth-order valence-electron chi connectivity index (χ4n) is 2.31. The number of halogens is 1. The number of H-pyrrole nitrogens is 1. The van der Waals surface area contributed by atoms with Gasteiger partial charge in [-0.1, -0.05) is 18.2 Å². The van der Waals surface area contributed by atoms with Gasteiger partial charge in [-0.25, -0.2) is 9.37 Å². The van der Waals surface area contributed by atoms with Crippen molar-refractivity contribution in [3.05, 3.63) is 65.7 Å². The zero-order chi connectivity index (χ0) is 13.8. The lowest BCUT2D eigenvalue weighted by atomic mass is 10.1. The number of nitrogens with zero attached hydrogens (tertiary/aromatic N) is 1. The summed E-state index contributed by atoms with van der Waals surface area (Å²) in [5, 5.41) is 4.47. The third-order valence-corrected chi connectivity index (χ3v) is 3.38. The second kappa shape index (κ2) is 5.84. The number of pyridine rings is 1. The molecule has 2 N–H and O–H groups in total. The Labute approximate surface area is 116 Å². The maximum Gasteiger partial charge on any atom is 0.137 e. The number of aromatic nitrogens is 2. The number of fused-ring (bicyclic) bond motifs is 1. The van der Waals surface area contributed by atoms with Gasteiger partial charge in [-0.2, -0.15) is 0 Å². The van der Waals surface area contributed by atoms with E-state index in [9.17, 15) is 4.39 Å². The molecule has 3 rings (SSSR count). The quantitative estimate of drug-likeness (QED) is 0.699. The van der Waals surface area contributed by atoms with Gasteiger partial charge in [-0.05, 0) is 42.3 Å². The molecule has 3 nitrogen and oxygen atoms in total. The first-order valence-electron chi connectivity index (χ1n) is 6.70. The van der Waals surface area contributed by atoms with Gasteiger partial charge >= 0.3 is 0 Å². The molecule has 0 aliphatic carbocycles. The highest BCUT2D eigenvalue weighted by atomic mass is 19.1. The molecule has 0 bridgehead atoms. The Morgan fingerprint density at radius 1 is 1.10 bits per heavy atom. The molecule has 0 aliphatic rings. The van der Waals surface area contributed by atoms with Gasteiger partial charge in [-0.3, -0.25) is 0 Å². The zero-order valence-corrected chi connectivity index (χ0v) is 11.1. The topological polar surface area (TPSA) is 40.7 Å². The molecule has 0 aliphatic heterocycles. The number of rotatable bonds is 5. The minimum absolute atomic E-state index is 0.134. The van der Waals surface area contributed by atoms with Crippen molar-refractivity contribution in [1.82, 2.24) is 15.3 Å². The molecule has 0 amide bonds. The second-order valence-electron chi connectivity index (χ2n) is 4.73. The maximum atomic E-state index is 13.5. The van der Waals surface area contributed by atoms with Crippen molar-refractivity contribution >= 4 is 11.0 Å². The highest BCUT2D eigenvalue weighted by Gasteiger charge is 2.04. The van der Waals surface area contributed by atoms with E-state index in [0.29, 0.717) is 6.42 Å². The van der Waals surface area contributed by atoms with E-state index in [4.69, 9.17) is 0 Å². The molecule has 0 saturated carbocycles. The Bertz CT molecular complexity index is 706. The lowest BCUT2D eigenvalue weighted by Gasteiger charge is -2.05. The van der Waals surface area contributed by atoms with E-state index in [0.717, 1.165) is 29.7 Å². The highest BCUT2D eigenvalue weighted by Crippen LogP contribution is 2.15. The molecular weight excluding hydrogens is 253 g/mol. The first-order valence-corrected chi connectivity index (χ1v) is 6.70. The zero-order valence-electron chi connectivity index (χ0n) is 11.1. The first-order chi connectivity index (χ1) is 9.84. The van der Waals surface area contributed by atoms with Crippen LogP contribution in [0, 0.1) is 5.82 Å². The summed E-state index contributed by atoms with van der Waals surface area (Å²) < 4.78 is 13.5. The Morgan fingerprint density at radius 2 is 2.00 bits per heavy atom. The van der Waals surface area contributed by atoms with E-state index in [2.05, 4.69) is 15.3 Å². The molecule has 3 aromatic rings. The van der Waals surface area contributed by atoms with Crippen LogP contribution in [-0.2, 0) is 13.0 Å². The summed E-state index contributed by atoms with van der Waals surface area (Å²) in [6, 6.07) is 10.9. The predicted molar refractivity (Wildman–Crippen MR) is 77.9 cm³/mol. The van der Waals surface area contributed by atoms with Crippen LogP contribution < -0.4 is 5.32 Å². The SMILES string of the molecule is Fc1ccccc1CCNCc1c[nH]c2ncccc12. The number of hydrogen-bond donors (Lipinski definition) is 2. The van der Waals surface area contributed by atoms with Crippen LogP contribution in [0.1, 0.15) is 11.1 Å². The van der Waals surface area contributed by atoms with E-state index in [1.54, 1.807) is 12.3 Å². The van der Waals surface area contributed by atoms with Crippen LogP contribution in [-0.4, -0.2) is 16.5 Å². The summed E-state index contributed by atoms with van der Waals surface area (Å²) in [6.07, 6.45) is 4.43. The van der Waals surface area contributed by atoms with Gasteiger partial charge in [0.15, 0.2) is 0 Å². The van der Waals surface area contributed by atoms with Crippen molar-refractivity contribution in [2.45, 2.75) is 13.0 Å². The summed E-state index contributed by atoms with van der Waals surface area (Å²) in [5.74, 6) is -0.134. The molecule has 0 unspecified atom stereocenters. The van der Waals surface area contributed by atoms with E-state index in [-0.39, 0.29) is 5.82 Å². The molecule has 20 heavy (non-hydrogen) atoms. The molecule has 2 aromatic heterocycles. The standard InChI is InChI=1S/C16H16FN3/c17-15-6-2-1-4-12(15)7-9-18-10-13-11-20-16-14(13)5-3-8-19-16/h1-6,8,11,18H,7,9-10H2,(H,19,20). The van der Waals surface area contributed by atoms with E-state index >= 15 is 0 Å². The molecular formula is C16H16FN3. The summed E-state index contributed by atoms with van der Waals surface area (Å²) in [4.78, 5) is 7.40. The summed E-state index contributed by atoms with van der Waals surface area (Å²) in [5.41, 5.74) is 2.83. The van der Waals surface area contributed by atoms with Crippen LogP contribution >= 0.6 is 0 Å². The van der Waals surface area contributed by atoms with Crippen LogP contribution in [0.15, 0.2) is 48.8 Å². The van der Waals surface area contributed by atoms with Crippen molar-refractivity contribution < 1.29 is 4.39 Å². The van der Waals surface area contributed by atoms with Gasteiger partial charge in [-0.15, -0.1) is 0 Å². The summed E-state index contributed by atoms with van der Waals surface area (Å²) >= 11 is 0. The van der Waals surface area contributed by atoms with E-state index < -0.39 is 0 Å². The molecule has 1 aromatic carbocycles. The monoisotopic (exact) mass is 269 g/mol. The fraction of sp³-hybridized carbons (Fsp3) is 0.188. The molecule has 2 heterocycles. The van der Waals surface area contributed by atoms with Gasteiger partial charge in [0, 0.05) is 24.3 Å². The predicted octanol–water partition coefficient (Wildman–Crippen LogP) is 3.03. The normalized spacial score (nSPS) is 11.1. The smallest absolute Gasteiger partial charge is 0.137 e. The fourth-order valence-corrected chi connectivity index (χ4v) is 2.31. The van der Waals surface area contributed by atoms with E-state index in [1.165, 1.54) is 11.6 Å². The maximum absolute atomic E-state index is 13.5. The van der Waals surface area contributed by atoms with Crippen molar-refractivity contribution in [3.8, 4) is 0 Å². The number of aromatic amines is 1. The van der Waals surface area contributed by atoms with Crippen LogP contribution in [0.2, 0.25) is 0 Å². The van der Waals surface area contributed by atoms with Gasteiger partial charge in [0.05, 0.1) is 0 Å². The minimum Gasteiger partial charge on any atom is -0.346 e. The van der Waals surface area contributed by atoms with Crippen molar-refractivity contribution in [2.24, 2.45) is 0 Å². The molecule has 0 spiro atoms. The van der Waals surface area contributed by atoms with Crippen molar-refractivity contribution in [3.63, 3.8) is 0 Å². The minimum atomic E-state index is -0.134. The van der Waals surface area contributed by atoms with Crippen molar-refractivity contribution in [2.75, 3.05) is 6.54 Å². The van der Waals surface area contributed by atoms with Crippen LogP contribution in [0.4, 0.5) is 4.39 Å². The Morgan fingerprint density at radius 3 is 2.90 bits per heavy atom. The molecule has 0 radical (unpaired) electrons. The van der Waals surface area contributed by atoms with Gasteiger partial charge in [0.2, 0.25) is 0 Å². The van der Waals surface area contributed by atoms with Crippen LogP contribution in [0.5, 0.6) is 0 Å². The molecule has 0 saturated heterocycles. The first kappa shape index (κ1) is 12.8. The number of hydrogen-bond acceptors (Lipinski definition) is 2. The third kappa shape index (κ3) is 2.70. The van der Waals surface area contributed by atoms with Gasteiger partial charge in [0.25, 0.3) is 0 Å². The average molecular weight is 269 g/mol. The van der Waals surface area contributed by atoms with Crippen LogP contribution in [0.3, 0.4) is 0 Å². The lowest BCUT2D eigenvalue weighted by molar-refractivity contribution is 0.598. The number of nitrogens with one attached hydrogen (secondary N) is 2. The van der Waals surface area contributed by atoms with E-state index in [1.807, 2.05) is 30.5 Å². The average Bonchev–Trinajstić information content (AvgIpc) is 2.89. The largest absolute Gasteiger partial charge is 0.346 e. The van der Waals surface area contributed by atoms with Gasteiger partial charge in [0.1, 0.15) is 11.5 Å². The van der Waals surface area contributed by atoms with Crippen molar-refractivity contribution in [1.29, 1.82) is 0 Å². The molecule has 0 fully saturated rings.